The van der Waals surface area contributed by atoms with E-state index < -0.39 is 17.5 Å². The topological polar surface area (TPSA) is 67.8 Å². The number of Topliss-reactive ketones (excluding diaryl/α,β-unsaturated/α-hetero) is 1. The highest BCUT2D eigenvalue weighted by atomic mass is 19.4. The molecule has 3 aromatic carbocycles. The number of carbonyl (C=O) groups excluding carboxylic acids is 1. The molecule has 0 amide bonds. The summed E-state index contributed by atoms with van der Waals surface area (Å²) in [7, 11) is 0. The minimum atomic E-state index is -5.02. The molecule has 136 valence electrons. The number of azo groups is 1. The highest BCUT2D eigenvalue weighted by Gasteiger charge is 2.40. The van der Waals surface area contributed by atoms with Crippen molar-refractivity contribution in [3.05, 3.63) is 78.4 Å². The van der Waals surface area contributed by atoms with Crippen molar-refractivity contribution in [3.8, 4) is 11.1 Å². The Labute approximate surface area is 153 Å². The SMILES string of the molecule is Nc1c(C(=O)C(F)(F)F)ccc(N=Nc2ccccc2)c1-c1ccccc1. The van der Waals surface area contributed by atoms with E-state index >= 15 is 0 Å². The lowest BCUT2D eigenvalue weighted by Crippen LogP contribution is -2.24. The van der Waals surface area contributed by atoms with Gasteiger partial charge in [0.05, 0.1) is 22.6 Å². The van der Waals surface area contributed by atoms with Crippen molar-refractivity contribution in [1.29, 1.82) is 0 Å². The zero-order valence-corrected chi connectivity index (χ0v) is 13.9. The van der Waals surface area contributed by atoms with Crippen molar-refractivity contribution < 1.29 is 18.0 Å². The maximum Gasteiger partial charge on any atom is 0.454 e. The van der Waals surface area contributed by atoms with Gasteiger partial charge in [0, 0.05) is 5.56 Å². The van der Waals surface area contributed by atoms with Crippen molar-refractivity contribution in [2.75, 3.05) is 5.73 Å². The van der Waals surface area contributed by atoms with Gasteiger partial charge in [-0.1, -0.05) is 48.5 Å². The Balaban J connectivity index is 2.15. The number of hydrogen-bond acceptors (Lipinski definition) is 4. The Morgan fingerprint density at radius 1 is 0.815 bits per heavy atom. The van der Waals surface area contributed by atoms with Gasteiger partial charge in [0.1, 0.15) is 0 Å². The fourth-order valence-corrected chi connectivity index (χ4v) is 2.56. The summed E-state index contributed by atoms with van der Waals surface area (Å²) in [5.41, 5.74) is 6.67. The van der Waals surface area contributed by atoms with Gasteiger partial charge < -0.3 is 5.73 Å². The lowest BCUT2D eigenvalue weighted by molar-refractivity contribution is -0.0884. The van der Waals surface area contributed by atoms with Gasteiger partial charge >= 0.3 is 6.18 Å². The van der Waals surface area contributed by atoms with Gasteiger partial charge in [-0.25, -0.2) is 0 Å². The molecule has 0 aromatic heterocycles. The van der Waals surface area contributed by atoms with Crippen LogP contribution in [0, 0.1) is 0 Å². The van der Waals surface area contributed by atoms with Crippen molar-refractivity contribution in [1.82, 2.24) is 0 Å². The summed E-state index contributed by atoms with van der Waals surface area (Å²) in [6.45, 7) is 0. The van der Waals surface area contributed by atoms with Gasteiger partial charge in [0.25, 0.3) is 5.78 Å². The van der Waals surface area contributed by atoms with Crippen LogP contribution in [0.15, 0.2) is 83.0 Å². The quantitative estimate of drug-likeness (QED) is 0.343. The molecule has 0 heterocycles. The van der Waals surface area contributed by atoms with Crippen LogP contribution in [0.4, 0.5) is 30.2 Å². The van der Waals surface area contributed by atoms with Crippen LogP contribution >= 0.6 is 0 Å². The molecule has 2 N–H and O–H groups in total. The van der Waals surface area contributed by atoms with Crippen LogP contribution in [0.25, 0.3) is 11.1 Å². The van der Waals surface area contributed by atoms with Crippen LogP contribution in [-0.2, 0) is 0 Å². The van der Waals surface area contributed by atoms with Gasteiger partial charge in [0.15, 0.2) is 0 Å². The first-order chi connectivity index (χ1) is 12.9. The molecule has 0 saturated heterocycles. The Hall–Kier alpha value is -3.48. The number of nitrogens with two attached hydrogens (primary N) is 1. The van der Waals surface area contributed by atoms with Crippen LogP contribution in [0.1, 0.15) is 10.4 Å². The zero-order chi connectivity index (χ0) is 19.4. The third-order valence-electron chi connectivity index (χ3n) is 3.82. The summed E-state index contributed by atoms with van der Waals surface area (Å²) in [5.74, 6) is -2.00. The van der Waals surface area contributed by atoms with Crippen LogP contribution in [0.3, 0.4) is 0 Å². The summed E-state index contributed by atoms with van der Waals surface area (Å²) in [6, 6.07) is 19.7. The van der Waals surface area contributed by atoms with Crippen LogP contribution in [0.2, 0.25) is 0 Å². The number of rotatable bonds is 4. The molecular weight excluding hydrogens is 355 g/mol. The van der Waals surface area contributed by atoms with Gasteiger partial charge in [-0.3, -0.25) is 4.79 Å². The van der Waals surface area contributed by atoms with Gasteiger partial charge in [0.2, 0.25) is 0 Å². The molecule has 0 unspecified atom stereocenters. The Bertz CT molecular complexity index is 985. The molecule has 4 nitrogen and oxygen atoms in total. The average molecular weight is 369 g/mol. The molecule has 3 rings (SSSR count). The average Bonchev–Trinajstić information content (AvgIpc) is 2.66. The molecule has 0 atom stereocenters. The standard InChI is InChI=1S/C20H14F3N3O/c21-20(22,23)19(27)15-11-12-16(26-25-14-9-5-2-6-10-14)17(18(15)24)13-7-3-1-4-8-13/h1-12H,24H2. The number of benzene rings is 3. The van der Waals surface area contributed by atoms with Gasteiger partial charge in [-0.15, -0.1) is 5.11 Å². The zero-order valence-electron chi connectivity index (χ0n) is 13.9. The van der Waals surface area contributed by atoms with Crippen LogP contribution in [-0.4, -0.2) is 12.0 Å². The fourth-order valence-electron chi connectivity index (χ4n) is 2.56. The first-order valence-corrected chi connectivity index (χ1v) is 7.94. The molecule has 27 heavy (non-hydrogen) atoms. The Morgan fingerprint density at radius 2 is 1.41 bits per heavy atom. The van der Waals surface area contributed by atoms with E-state index in [4.69, 9.17) is 5.73 Å². The second-order valence-electron chi connectivity index (χ2n) is 5.65. The first kappa shape index (κ1) is 18.3. The normalized spacial score (nSPS) is 11.7. The van der Waals surface area contributed by atoms with Crippen LogP contribution < -0.4 is 5.73 Å². The molecule has 0 saturated carbocycles. The molecule has 3 aromatic rings. The van der Waals surface area contributed by atoms with E-state index in [1.165, 1.54) is 6.07 Å². The van der Waals surface area contributed by atoms with Crippen LogP contribution in [0.5, 0.6) is 0 Å². The van der Waals surface area contributed by atoms with E-state index in [1.54, 1.807) is 54.6 Å². The highest BCUT2D eigenvalue weighted by Crippen LogP contribution is 2.40. The summed E-state index contributed by atoms with van der Waals surface area (Å²) in [6.07, 6.45) is -5.02. The molecule has 0 aliphatic heterocycles. The number of nitrogens with zero attached hydrogens (tertiary/aromatic N) is 2. The summed E-state index contributed by atoms with van der Waals surface area (Å²) < 4.78 is 38.6. The third-order valence-corrected chi connectivity index (χ3v) is 3.82. The maximum atomic E-state index is 12.9. The Morgan fingerprint density at radius 3 is 2.00 bits per heavy atom. The second-order valence-corrected chi connectivity index (χ2v) is 5.65. The van der Waals surface area contributed by atoms with Crippen molar-refractivity contribution in [2.24, 2.45) is 10.2 Å². The molecule has 7 heteroatoms. The minimum Gasteiger partial charge on any atom is -0.398 e. The number of anilines is 1. The number of halogens is 3. The molecule has 0 radical (unpaired) electrons. The third kappa shape index (κ3) is 4.03. The molecule has 0 fully saturated rings. The fraction of sp³-hybridized carbons (Fsp3) is 0.0500. The van der Waals surface area contributed by atoms with E-state index in [9.17, 15) is 18.0 Å². The number of hydrogen-bond donors (Lipinski definition) is 1. The smallest absolute Gasteiger partial charge is 0.398 e. The molecule has 0 spiro atoms. The number of ketones is 1. The molecule has 0 aliphatic carbocycles. The first-order valence-electron chi connectivity index (χ1n) is 7.94. The van der Waals surface area contributed by atoms with Crippen molar-refractivity contribution >= 4 is 22.8 Å². The summed E-state index contributed by atoms with van der Waals surface area (Å²) in [5, 5.41) is 8.22. The van der Waals surface area contributed by atoms with Crippen molar-refractivity contribution in [2.45, 2.75) is 6.18 Å². The predicted octanol–water partition coefficient (Wildman–Crippen LogP) is 6.10. The number of alkyl halides is 3. The van der Waals surface area contributed by atoms with Gasteiger partial charge in [-0.2, -0.15) is 18.3 Å². The minimum absolute atomic E-state index is 0.227. The van der Waals surface area contributed by atoms with E-state index in [2.05, 4.69) is 10.2 Å². The second kappa shape index (κ2) is 7.41. The maximum absolute atomic E-state index is 12.9. The van der Waals surface area contributed by atoms with Gasteiger partial charge in [-0.05, 0) is 29.8 Å². The number of nitrogen functional groups attached to an aromatic ring is 1. The summed E-state index contributed by atoms with van der Waals surface area (Å²) in [4.78, 5) is 11.7. The lowest BCUT2D eigenvalue weighted by atomic mass is 9.96. The molecule has 0 aliphatic rings. The van der Waals surface area contributed by atoms with E-state index in [0.29, 0.717) is 11.3 Å². The summed E-state index contributed by atoms with van der Waals surface area (Å²) >= 11 is 0. The number of carbonyl (C=O) groups is 1. The lowest BCUT2D eigenvalue weighted by Gasteiger charge is -2.14. The predicted molar refractivity (Wildman–Crippen MR) is 97.3 cm³/mol. The van der Waals surface area contributed by atoms with E-state index in [0.717, 1.165) is 6.07 Å². The monoisotopic (exact) mass is 369 g/mol. The largest absolute Gasteiger partial charge is 0.454 e. The molecule has 0 bridgehead atoms. The highest BCUT2D eigenvalue weighted by molar-refractivity contribution is 6.08. The van der Waals surface area contributed by atoms with E-state index in [-0.39, 0.29) is 16.9 Å². The van der Waals surface area contributed by atoms with Crippen molar-refractivity contribution in [3.63, 3.8) is 0 Å². The molecular formula is C20H14F3N3O. The Kier molecular flexibility index (Phi) is 5.03. The van der Waals surface area contributed by atoms with E-state index in [1.807, 2.05) is 6.07 Å².